The van der Waals surface area contributed by atoms with Gasteiger partial charge in [0, 0.05) is 37.3 Å². The number of hydrogen-bond donors (Lipinski definition) is 1. The molecule has 1 aliphatic carbocycles. The van der Waals surface area contributed by atoms with Crippen LogP contribution in [0.2, 0.25) is 0 Å². The summed E-state index contributed by atoms with van der Waals surface area (Å²) in [6.45, 7) is 3.51. The molecule has 8 heteroatoms. The van der Waals surface area contributed by atoms with Crippen LogP contribution in [0.25, 0.3) is 10.9 Å². The number of fused-ring (bicyclic) bond motifs is 1. The van der Waals surface area contributed by atoms with Gasteiger partial charge in [-0.2, -0.15) is 4.31 Å². The predicted octanol–water partition coefficient (Wildman–Crippen LogP) is 2.87. The summed E-state index contributed by atoms with van der Waals surface area (Å²) in [5.74, 6) is -0.375. The molecule has 0 bridgehead atoms. The van der Waals surface area contributed by atoms with E-state index in [1.165, 1.54) is 10.4 Å². The summed E-state index contributed by atoms with van der Waals surface area (Å²) >= 11 is 0. The van der Waals surface area contributed by atoms with E-state index in [4.69, 9.17) is 0 Å². The molecule has 1 N–H and O–H groups in total. The van der Waals surface area contributed by atoms with Crippen LogP contribution in [0.15, 0.2) is 34.1 Å². The number of carbonyl (C=O) groups excluding carboxylic acids is 1. The largest absolute Gasteiger partial charge is 0.349 e. The zero-order chi connectivity index (χ0) is 21.3. The molecule has 1 aromatic carbocycles. The molecule has 7 nitrogen and oxygen atoms in total. The molecule has 1 aromatic heterocycles. The van der Waals surface area contributed by atoms with Gasteiger partial charge >= 0.3 is 0 Å². The lowest BCUT2D eigenvalue weighted by Crippen LogP contribution is -2.36. The lowest BCUT2D eigenvalue weighted by molar-refractivity contribution is 0.0936. The van der Waals surface area contributed by atoms with E-state index in [-0.39, 0.29) is 27.8 Å². The molecule has 0 spiro atoms. The van der Waals surface area contributed by atoms with Crippen LogP contribution in [0.1, 0.15) is 62.2 Å². The monoisotopic (exact) mass is 431 g/mol. The molecule has 1 saturated heterocycles. The van der Waals surface area contributed by atoms with Crippen LogP contribution in [-0.2, 0) is 16.6 Å². The van der Waals surface area contributed by atoms with E-state index < -0.39 is 15.5 Å². The maximum Gasteiger partial charge on any atom is 0.256 e. The van der Waals surface area contributed by atoms with Crippen molar-refractivity contribution in [2.24, 2.45) is 0 Å². The summed E-state index contributed by atoms with van der Waals surface area (Å²) in [5.41, 5.74) is 0.294. The van der Waals surface area contributed by atoms with Crippen LogP contribution in [0.4, 0.5) is 0 Å². The number of nitrogens with zero attached hydrogens (tertiary/aromatic N) is 2. The van der Waals surface area contributed by atoms with Gasteiger partial charge in [-0.05, 0) is 50.8 Å². The standard InChI is InChI=1S/C22H29N3O4S/c1-2-24-15-19(22(27)23-16-8-4-5-9-16)21(26)18-14-17(10-11-20(18)24)30(28,29)25-12-6-3-7-13-25/h10-11,14-16H,2-9,12-13H2,1H3,(H,23,27). The minimum atomic E-state index is -3.66. The van der Waals surface area contributed by atoms with E-state index in [1.54, 1.807) is 18.3 Å². The molecule has 2 aromatic rings. The van der Waals surface area contributed by atoms with Gasteiger partial charge in [-0.15, -0.1) is 0 Å². The number of piperidine rings is 1. The van der Waals surface area contributed by atoms with Gasteiger partial charge in [0.1, 0.15) is 5.56 Å². The Bertz CT molecular complexity index is 1110. The fourth-order valence-corrected chi connectivity index (χ4v) is 6.09. The highest BCUT2D eigenvalue weighted by atomic mass is 32.2. The van der Waals surface area contributed by atoms with Gasteiger partial charge < -0.3 is 9.88 Å². The fourth-order valence-electron chi connectivity index (χ4n) is 4.55. The minimum absolute atomic E-state index is 0.0729. The van der Waals surface area contributed by atoms with Gasteiger partial charge in [0.05, 0.1) is 10.4 Å². The number of nitrogens with one attached hydrogen (secondary N) is 1. The lowest BCUT2D eigenvalue weighted by atomic mass is 10.1. The number of aryl methyl sites for hydroxylation is 1. The SMILES string of the molecule is CCn1cc(C(=O)NC2CCCC2)c(=O)c2cc(S(=O)(=O)N3CCCCC3)ccc21. The van der Waals surface area contributed by atoms with Crippen molar-refractivity contribution >= 4 is 26.8 Å². The summed E-state index contributed by atoms with van der Waals surface area (Å²) in [7, 11) is -3.66. The summed E-state index contributed by atoms with van der Waals surface area (Å²) < 4.78 is 29.5. The summed E-state index contributed by atoms with van der Waals surface area (Å²) in [6.07, 6.45) is 8.35. The van der Waals surface area contributed by atoms with Crippen LogP contribution in [0, 0.1) is 0 Å². The Kier molecular flexibility index (Phi) is 5.97. The van der Waals surface area contributed by atoms with Crippen LogP contribution in [0.5, 0.6) is 0 Å². The number of amides is 1. The normalized spacial score (nSPS) is 18.7. The lowest BCUT2D eigenvalue weighted by Gasteiger charge is -2.26. The number of carbonyl (C=O) groups is 1. The number of sulfonamides is 1. The van der Waals surface area contributed by atoms with E-state index in [0.29, 0.717) is 25.2 Å². The van der Waals surface area contributed by atoms with E-state index >= 15 is 0 Å². The van der Waals surface area contributed by atoms with Crippen molar-refractivity contribution < 1.29 is 13.2 Å². The van der Waals surface area contributed by atoms with Crippen LogP contribution < -0.4 is 10.7 Å². The number of hydrogen-bond acceptors (Lipinski definition) is 4. The third-order valence-corrected chi connectivity index (χ3v) is 8.17. The average molecular weight is 432 g/mol. The third kappa shape index (κ3) is 3.90. The van der Waals surface area contributed by atoms with Crippen molar-refractivity contribution in [1.29, 1.82) is 0 Å². The Morgan fingerprint density at radius 3 is 2.47 bits per heavy atom. The molecular formula is C22H29N3O4S. The summed E-state index contributed by atoms with van der Waals surface area (Å²) in [6, 6.07) is 4.79. The Hall–Kier alpha value is -2.19. The van der Waals surface area contributed by atoms with E-state index in [9.17, 15) is 18.0 Å². The second-order valence-electron chi connectivity index (χ2n) is 8.26. The van der Waals surface area contributed by atoms with Gasteiger partial charge in [0.25, 0.3) is 5.91 Å². The van der Waals surface area contributed by atoms with Crippen molar-refractivity contribution in [1.82, 2.24) is 14.2 Å². The van der Waals surface area contributed by atoms with Gasteiger partial charge in [-0.1, -0.05) is 19.3 Å². The molecule has 0 radical (unpaired) electrons. The number of benzene rings is 1. The predicted molar refractivity (Wildman–Crippen MR) is 116 cm³/mol. The Balaban J connectivity index is 1.77. The smallest absolute Gasteiger partial charge is 0.256 e. The van der Waals surface area contributed by atoms with Gasteiger partial charge in [0.2, 0.25) is 15.5 Å². The molecule has 1 aliphatic heterocycles. The molecule has 1 saturated carbocycles. The zero-order valence-electron chi connectivity index (χ0n) is 17.4. The highest BCUT2D eigenvalue weighted by molar-refractivity contribution is 7.89. The minimum Gasteiger partial charge on any atom is -0.349 e. The highest BCUT2D eigenvalue weighted by Gasteiger charge is 2.27. The average Bonchev–Trinajstić information content (AvgIpc) is 3.27. The van der Waals surface area contributed by atoms with E-state index in [0.717, 1.165) is 44.9 Å². The van der Waals surface area contributed by atoms with E-state index in [1.807, 2.05) is 11.5 Å². The quantitative estimate of drug-likeness (QED) is 0.788. The molecular weight excluding hydrogens is 402 g/mol. The molecule has 2 fully saturated rings. The highest BCUT2D eigenvalue weighted by Crippen LogP contribution is 2.24. The second kappa shape index (κ2) is 8.51. The first-order chi connectivity index (χ1) is 14.4. The van der Waals surface area contributed by atoms with Crippen molar-refractivity contribution in [3.05, 3.63) is 40.2 Å². The first-order valence-corrected chi connectivity index (χ1v) is 12.3. The topological polar surface area (TPSA) is 88.5 Å². The van der Waals surface area contributed by atoms with Crippen molar-refractivity contribution in [2.45, 2.75) is 69.4 Å². The van der Waals surface area contributed by atoms with E-state index in [2.05, 4.69) is 5.32 Å². The second-order valence-corrected chi connectivity index (χ2v) is 10.2. The van der Waals surface area contributed by atoms with Crippen LogP contribution in [0.3, 0.4) is 0 Å². The Morgan fingerprint density at radius 2 is 1.80 bits per heavy atom. The molecule has 0 atom stereocenters. The Labute approximate surface area is 177 Å². The molecule has 2 aliphatic rings. The molecule has 4 rings (SSSR count). The molecule has 30 heavy (non-hydrogen) atoms. The maximum atomic E-state index is 13.2. The first kappa shape index (κ1) is 21.1. The van der Waals surface area contributed by atoms with Gasteiger partial charge in [0.15, 0.2) is 0 Å². The maximum absolute atomic E-state index is 13.2. The first-order valence-electron chi connectivity index (χ1n) is 10.9. The summed E-state index contributed by atoms with van der Waals surface area (Å²) in [4.78, 5) is 26.1. The third-order valence-electron chi connectivity index (χ3n) is 6.28. The van der Waals surface area contributed by atoms with Crippen LogP contribution >= 0.6 is 0 Å². The summed E-state index contributed by atoms with van der Waals surface area (Å²) in [5, 5.41) is 3.24. The zero-order valence-corrected chi connectivity index (χ0v) is 18.2. The number of aromatic nitrogens is 1. The van der Waals surface area contributed by atoms with Crippen molar-refractivity contribution in [2.75, 3.05) is 13.1 Å². The van der Waals surface area contributed by atoms with Crippen molar-refractivity contribution in [3.63, 3.8) is 0 Å². The molecule has 162 valence electrons. The molecule has 0 unspecified atom stereocenters. The Morgan fingerprint density at radius 1 is 1.10 bits per heavy atom. The molecule has 2 heterocycles. The van der Waals surface area contributed by atoms with Gasteiger partial charge in [-0.25, -0.2) is 8.42 Å². The fraction of sp³-hybridized carbons (Fsp3) is 0.545. The van der Waals surface area contributed by atoms with Gasteiger partial charge in [-0.3, -0.25) is 9.59 Å². The number of pyridine rings is 1. The number of rotatable bonds is 5. The van der Waals surface area contributed by atoms with Crippen LogP contribution in [-0.4, -0.2) is 42.3 Å². The van der Waals surface area contributed by atoms with Crippen molar-refractivity contribution in [3.8, 4) is 0 Å². The molecule has 1 amide bonds.